The number of anilines is 3. The van der Waals surface area contributed by atoms with Gasteiger partial charge in [0.2, 0.25) is 5.95 Å². The molecular weight excluding hydrogens is 532 g/mol. The number of halogens is 2. The molecular formula is C30H37F2N5O4. The number of methoxy groups -OCH3 is 1. The number of aryl methyl sites for hydroxylation is 1. The number of piperazine rings is 1. The summed E-state index contributed by atoms with van der Waals surface area (Å²) >= 11 is 0. The Hall–Kier alpha value is -4.15. The predicted octanol–water partition coefficient (Wildman–Crippen LogP) is 6.23. The van der Waals surface area contributed by atoms with Crippen LogP contribution >= 0.6 is 0 Å². The molecule has 0 aliphatic carbocycles. The van der Waals surface area contributed by atoms with Crippen LogP contribution in [-0.2, 0) is 11.3 Å². The maximum Gasteiger partial charge on any atom is 0.410 e. The maximum absolute atomic E-state index is 14.5. The third-order valence-corrected chi connectivity index (χ3v) is 6.68. The van der Waals surface area contributed by atoms with E-state index in [0.717, 1.165) is 11.4 Å². The summed E-state index contributed by atoms with van der Waals surface area (Å²) in [7, 11) is 1.32. The first-order chi connectivity index (χ1) is 19.4. The van der Waals surface area contributed by atoms with Crippen LogP contribution in [0.15, 0.2) is 42.7 Å². The third kappa shape index (κ3) is 7.14. The molecule has 2 atom stereocenters. The van der Waals surface area contributed by atoms with Gasteiger partial charge in [0.25, 0.3) is 0 Å². The second kappa shape index (κ2) is 12.2. The van der Waals surface area contributed by atoms with Gasteiger partial charge in [-0.15, -0.1) is 0 Å². The van der Waals surface area contributed by atoms with Crippen molar-refractivity contribution in [3.05, 3.63) is 65.5 Å². The van der Waals surface area contributed by atoms with Gasteiger partial charge >= 0.3 is 6.09 Å². The number of amides is 1. The Morgan fingerprint density at radius 2 is 1.66 bits per heavy atom. The molecule has 1 aliphatic rings. The van der Waals surface area contributed by atoms with E-state index in [1.807, 2.05) is 63.8 Å². The summed E-state index contributed by atoms with van der Waals surface area (Å²) in [6.45, 7) is 12.2. The molecule has 220 valence electrons. The van der Waals surface area contributed by atoms with E-state index in [1.165, 1.54) is 32.5 Å². The zero-order valence-electron chi connectivity index (χ0n) is 24.5. The fourth-order valence-corrected chi connectivity index (χ4v) is 4.79. The van der Waals surface area contributed by atoms with Gasteiger partial charge in [0.05, 0.1) is 37.2 Å². The van der Waals surface area contributed by atoms with Crippen LogP contribution in [0.2, 0.25) is 0 Å². The quantitative estimate of drug-likeness (QED) is 0.358. The van der Waals surface area contributed by atoms with Gasteiger partial charge < -0.3 is 24.4 Å². The molecule has 1 N–H and O–H groups in total. The fourth-order valence-electron chi connectivity index (χ4n) is 4.79. The van der Waals surface area contributed by atoms with E-state index >= 15 is 0 Å². The van der Waals surface area contributed by atoms with Crippen molar-refractivity contribution in [3.8, 4) is 11.5 Å². The molecule has 0 unspecified atom stereocenters. The number of ether oxygens (including phenoxy) is 3. The van der Waals surface area contributed by atoms with Gasteiger partial charge in [-0.05, 0) is 77.4 Å². The van der Waals surface area contributed by atoms with Gasteiger partial charge in [0.15, 0.2) is 17.3 Å². The van der Waals surface area contributed by atoms with Gasteiger partial charge in [-0.2, -0.15) is 0 Å². The summed E-state index contributed by atoms with van der Waals surface area (Å²) in [6, 6.07) is 9.13. The van der Waals surface area contributed by atoms with E-state index in [9.17, 15) is 13.6 Å². The van der Waals surface area contributed by atoms with E-state index in [2.05, 4.69) is 20.2 Å². The van der Waals surface area contributed by atoms with E-state index < -0.39 is 17.2 Å². The highest BCUT2D eigenvalue weighted by molar-refractivity contribution is 5.70. The smallest absolute Gasteiger partial charge is 0.410 e. The number of aromatic nitrogens is 2. The van der Waals surface area contributed by atoms with Crippen molar-refractivity contribution in [2.24, 2.45) is 0 Å². The highest BCUT2D eigenvalue weighted by atomic mass is 19.1. The number of carbonyl (C=O) groups excluding carboxylic acids is 1. The number of benzene rings is 2. The Morgan fingerprint density at radius 1 is 1.05 bits per heavy atom. The lowest BCUT2D eigenvalue weighted by Crippen LogP contribution is -2.59. The lowest BCUT2D eigenvalue weighted by atomic mass is 10.1. The monoisotopic (exact) mass is 569 g/mol. The standard InChI is InChI=1S/C30H37F2N5O4/c1-18-12-25(39-7)27(32)24(26(18)31)17-40-23-13-33-28(34-14-23)35-21-8-10-22(11-9-21)36-15-19(2)37(20(3)16-36)29(38)41-30(4,5)6/h8-14,19-20H,15-17H2,1-7H3,(H,33,34,35)/t19-,20+. The van der Waals surface area contributed by atoms with Crippen LogP contribution in [0.25, 0.3) is 0 Å². The van der Waals surface area contributed by atoms with Crippen LogP contribution in [0.3, 0.4) is 0 Å². The SMILES string of the molecule is COc1cc(C)c(F)c(COc2cnc(Nc3ccc(N4C[C@@H](C)N(C(=O)OC(C)(C)C)[C@@H](C)C4)cc3)nc2)c1F. The first-order valence-electron chi connectivity index (χ1n) is 13.5. The van der Waals surface area contributed by atoms with E-state index in [4.69, 9.17) is 14.2 Å². The molecule has 0 bridgehead atoms. The molecule has 0 saturated carbocycles. The first-order valence-corrected chi connectivity index (χ1v) is 13.5. The lowest BCUT2D eigenvalue weighted by Gasteiger charge is -2.45. The molecule has 1 amide bonds. The number of hydrogen-bond acceptors (Lipinski definition) is 8. The van der Waals surface area contributed by atoms with Crippen LogP contribution in [-0.4, -0.2) is 58.8 Å². The first kappa shape index (κ1) is 29.8. The lowest BCUT2D eigenvalue weighted by molar-refractivity contribution is 0.00566. The van der Waals surface area contributed by atoms with Crippen molar-refractivity contribution >= 4 is 23.4 Å². The summed E-state index contributed by atoms with van der Waals surface area (Å²) in [5, 5.41) is 3.13. The normalized spacial score (nSPS) is 17.3. The molecule has 3 aromatic rings. The van der Waals surface area contributed by atoms with Crippen molar-refractivity contribution in [2.45, 2.75) is 65.8 Å². The summed E-state index contributed by atoms with van der Waals surface area (Å²) in [5.74, 6) is -0.921. The maximum atomic E-state index is 14.5. The zero-order chi connectivity index (χ0) is 29.9. The average Bonchev–Trinajstić information content (AvgIpc) is 2.90. The Kier molecular flexibility index (Phi) is 8.84. The van der Waals surface area contributed by atoms with E-state index in [1.54, 1.807) is 0 Å². The minimum Gasteiger partial charge on any atom is -0.494 e. The number of rotatable bonds is 7. The molecule has 2 aromatic carbocycles. The topological polar surface area (TPSA) is 89.1 Å². The molecule has 41 heavy (non-hydrogen) atoms. The third-order valence-electron chi connectivity index (χ3n) is 6.68. The van der Waals surface area contributed by atoms with Crippen LogP contribution in [0, 0.1) is 18.6 Å². The summed E-state index contributed by atoms with van der Waals surface area (Å²) in [4.78, 5) is 25.3. The van der Waals surface area contributed by atoms with Crippen LogP contribution in [0.4, 0.5) is 30.9 Å². The fraction of sp³-hybridized carbons (Fsp3) is 0.433. The van der Waals surface area contributed by atoms with Crippen LogP contribution in [0.1, 0.15) is 45.7 Å². The van der Waals surface area contributed by atoms with Crippen molar-refractivity contribution in [2.75, 3.05) is 30.4 Å². The zero-order valence-corrected chi connectivity index (χ0v) is 24.5. The molecule has 0 spiro atoms. The number of hydrogen-bond donors (Lipinski definition) is 1. The summed E-state index contributed by atoms with van der Waals surface area (Å²) < 4.78 is 45.0. The molecule has 9 nitrogen and oxygen atoms in total. The molecule has 1 fully saturated rings. The number of nitrogens with zero attached hydrogens (tertiary/aromatic N) is 4. The van der Waals surface area contributed by atoms with Crippen molar-refractivity contribution in [1.82, 2.24) is 14.9 Å². The highest BCUT2D eigenvalue weighted by Gasteiger charge is 2.35. The molecule has 1 aliphatic heterocycles. The minimum absolute atomic E-state index is 0.0125. The molecule has 1 aromatic heterocycles. The van der Waals surface area contributed by atoms with Gasteiger partial charge in [-0.3, -0.25) is 4.90 Å². The average molecular weight is 570 g/mol. The summed E-state index contributed by atoms with van der Waals surface area (Å²) in [6.07, 6.45) is 2.57. The number of carbonyl (C=O) groups is 1. The van der Waals surface area contributed by atoms with Crippen molar-refractivity contribution in [3.63, 3.8) is 0 Å². The molecule has 1 saturated heterocycles. The van der Waals surface area contributed by atoms with Gasteiger partial charge in [-0.25, -0.2) is 23.5 Å². The Morgan fingerprint density at radius 3 is 2.22 bits per heavy atom. The molecule has 0 radical (unpaired) electrons. The summed E-state index contributed by atoms with van der Waals surface area (Å²) in [5.41, 5.74) is 1.32. The molecule has 11 heteroatoms. The highest BCUT2D eigenvalue weighted by Crippen LogP contribution is 2.28. The Balaban J connectivity index is 1.34. The predicted molar refractivity (Wildman–Crippen MR) is 153 cm³/mol. The van der Waals surface area contributed by atoms with Crippen molar-refractivity contribution in [1.29, 1.82) is 0 Å². The minimum atomic E-state index is -0.799. The van der Waals surface area contributed by atoms with Gasteiger partial charge in [0.1, 0.15) is 18.0 Å². The van der Waals surface area contributed by atoms with E-state index in [-0.39, 0.29) is 47.4 Å². The Bertz CT molecular complexity index is 1350. The Labute approximate surface area is 239 Å². The van der Waals surface area contributed by atoms with Crippen LogP contribution < -0.4 is 19.7 Å². The second-order valence-corrected chi connectivity index (χ2v) is 11.2. The number of nitrogens with one attached hydrogen (secondary N) is 1. The van der Waals surface area contributed by atoms with Gasteiger partial charge in [-0.1, -0.05) is 0 Å². The van der Waals surface area contributed by atoms with Crippen LogP contribution in [0.5, 0.6) is 11.5 Å². The van der Waals surface area contributed by atoms with E-state index in [0.29, 0.717) is 19.0 Å². The van der Waals surface area contributed by atoms with Crippen molar-refractivity contribution < 1.29 is 27.8 Å². The molecule has 2 heterocycles. The largest absolute Gasteiger partial charge is 0.494 e. The second-order valence-electron chi connectivity index (χ2n) is 11.2. The molecule has 4 rings (SSSR count). The van der Waals surface area contributed by atoms with Gasteiger partial charge in [0, 0.05) is 24.5 Å².